The molecule has 0 saturated carbocycles. The summed E-state index contributed by atoms with van der Waals surface area (Å²) >= 11 is 5.72. The summed E-state index contributed by atoms with van der Waals surface area (Å²) in [6.45, 7) is 0.240. The van der Waals surface area contributed by atoms with E-state index in [1.165, 1.54) is 0 Å². The van der Waals surface area contributed by atoms with Gasteiger partial charge in [0.25, 0.3) is 0 Å². The molecule has 100 valence electrons. The minimum atomic E-state index is -3.51. The van der Waals surface area contributed by atoms with E-state index in [2.05, 4.69) is 4.72 Å². The first kappa shape index (κ1) is 14.9. The van der Waals surface area contributed by atoms with Crippen LogP contribution in [0.1, 0.15) is 12.0 Å². The molecule has 18 heavy (non-hydrogen) atoms. The van der Waals surface area contributed by atoms with Gasteiger partial charge in [0.1, 0.15) is 0 Å². The van der Waals surface area contributed by atoms with Crippen molar-refractivity contribution < 1.29 is 18.3 Å². The Kier molecular flexibility index (Phi) is 5.58. The van der Waals surface area contributed by atoms with Crippen molar-refractivity contribution in [3.8, 4) is 0 Å². The molecule has 0 bridgehead atoms. The summed E-state index contributed by atoms with van der Waals surface area (Å²) in [5.41, 5.74) is 0.959. The van der Waals surface area contributed by atoms with Crippen molar-refractivity contribution in [1.82, 2.24) is 4.72 Å². The maximum Gasteiger partial charge on any atom is 0.304 e. The third-order valence-electron chi connectivity index (χ3n) is 2.23. The van der Waals surface area contributed by atoms with Crippen molar-refractivity contribution >= 4 is 27.6 Å². The monoisotopic (exact) mass is 291 g/mol. The van der Waals surface area contributed by atoms with Gasteiger partial charge in [-0.05, 0) is 24.1 Å². The molecule has 0 radical (unpaired) electrons. The number of carboxylic acid groups (broad SMARTS) is 1. The molecule has 2 N–H and O–H groups in total. The topological polar surface area (TPSA) is 83.5 Å². The summed E-state index contributed by atoms with van der Waals surface area (Å²) in [7, 11) is -3.51. The number of benzene rings is 1. The summed E-state index contributed by atoms with van der Waals surface area (Å²) in [6.07, 6.45) is 0.139. The van der Waals surface area contributed by atoms with E-state index in [-0.39, 0.29) is 6.54 Å². The number of hydrogen-bond donors (Lipinski definition) is 2. The van der Waals surface area contributed by atoms with Gasteiger partial charge >= 0.3 is 5.97 Å². The molecular formula is C11H14ClNO4S. The first-order valence-electron chi connectivity index (χ1n) is 5.32. The summed E-state index contributed by atoms with van der Waals surface area (Å²) in [5, 5.41) is 9.03. The summed E-state index contributed by atoms with van der Waals surface area (Å²) in [6, 6.07) is 7.09. The van der Waals surface area contributed by atoms with Crippen molar-refractivity contribution in [3.05, 3.63) is 34.9 Å². The van der Waals surface area contributed by atoms with Crippen molar-refractivity contribution in [2.24, 2.45) is 0 Å². The Hall–Kier alpha value is -1.11. The first-order chi connectivity index (χ1) is 8.39. The number of nitrogens with one attached hydrogen (secondary N) is 1. The molecule has 0 amide bonds. The average Bonchev–Trinajstić information content (AvgIpc) is 2.29. The zero-order valence-electron chi connectivity index (χ0n) is 9.60. The summed E-state index contributed by atoms with van der Waals surface area (Å²) < 4.78 is 25.1. The zero-order valence-corrected chi connectivity index (χ0v) is 11.2. The third kappa shape index (κ3) is 6.00. The van der Waals surface area contributed by atoms with Gasteiger partial charge in [-0.15, -0.1) is 0 Å². The van der Waals surface area contributed by atoms with E-state index >= 15 is 0 Å². The number of carbonyl (C=O) groups is 1. The smallest absolute Gasteiger partial charge is 0.304 e. The Balaban J connectivity index is 2.37. The Morgan fingerprint density at radius 2 is 1.89 bits per heavy atom. The molecule has 0 spiro atoms. The Labute approximate surface area is 111 Å². The quantitative estimate of drug-likeness (QED) is 0.792. The van der Waals surface area contributed by atoms with Crippen LogP contribution in [0.3, 0.4) is 0 Å². The molecule has 0 aliphatic heterocycles. The highest BCUT2D eigenvalue weighted by Crippen LogP contribution is 2.09. The van der Waals surface area contributed by atoms with E-state index in [1.54, 1.807) is 12.1 Å². The highest BCUT2D eigenvalue weighted by atomic mass is 35.5. The van der Waals surface area contributed by atoms with E-state index in [1.807, 2.05) is 12.1 Å². The van der Waals surface area contributed by atoms with Gasteiger partial charge in [0.05, 0.1) is 12.2 Å². The fraction of sp³-hybridized carbons (Fsp3) is 0.364. The van der Waals surface area contributed by atoms with E-state index in [0.717, 1.165) is 5.56 Å². The highest BCUT2D eigenvalue weighted by molar-refractivity contribution is 7.89. The Morgan fingerprint density at radius 3 is 2.44 bits per heavy atom. The molecule has 1 rings (SSSR count). The third-order valence-corrected chi connectivity index (χ3v) is 3.87. The number of aliphatic carboxylic acids is 1. The van der Waals surface area contributed by atoms with E-state index < -0.39 is 28.2 Å². The molecule has 0 fully saturated rings. The van der Waals surface area contributed by atoms with Crippen LogP contribution in [0, 0.1) is 0 Å². The fourth-order valence-corrected chi connectivity index (χ4v) is 2.42. The van der Waals surface area contributed by atoms with Crippen LogP contribution in [0.15, 0.2) is 24.3 Å². The van der Waals surface area contributed by atoms with Gasteiger partial charge in [0.2, 0.25) is 10.0 Å². The van der Waals surface area contributed by atoms with Crippen LogP contribution < -0.4 is 4.72 Å². The maximum absolute atomic E-state index is 11.4. The largest absolute Gasteiger partial charge is 0.481 e. The number of rotatable bonds is 7. The van der Waals surface area contributed by atoms with Gasteiger partial charge in [-0.1, -0.05) is 23.7 Å². The van der Waals surface area contributed by atoms with Crippen molar-refractivity contribution in [2.45, 2.75) is 12.8 Å². The summed E-state index contributed by atoms with van der Waals surface area (Å²) in [5.74, 6) is -1.53. The van der Waals surface area contributed by atoms with Gasteiger partial charge in [-0.3, -0.25) is 4.79 Å². The van der Waals surface area contributed by atoms with Crippen molar-refractivity contribution in [3.63, 3.8) is 0 Å². The number of sulfonamides is 1. The predicted octanol–water partition coefficient (Wildman–Crippen LogP) is 1.28. The van der Waals surface area contributed by atoms with Gasteiger partial charge in [0.15, 0.2) is 0 Å². The minimum absolute atomic E-state index is 0.240. The lowest BCUT2D eigenvalue weighted by Gasteiger charge is -2.05. The molecule has 0 aliphatic rings. The molecule has 7 heteroatoms. The average molecular weight is 292 g/mol. The minimum Gasteiger partial charge on any atom is -0.481 e. The van der Waals surface area contributed by atoms with Crippen molar-refractivity contribution in [1.29, 1.82) is 0 Å². The molecule has 0 unspecified atom stereocenters. The molecule has 1 aromatic carbocycles. The second kappa shape index (κ2) is 6.72. The van der Waals surface area contributed by atoms with E-state index in [0.29, 0.717) is 11.4 Å². The standard InChI is InChI=1S/C11H14ClNO4S/c12-10-3-1-9(2-4-10)5-7-13-18(16,17)8-6-11(14)15/h1-4,13H,5-8H2,(H,14,15). The fourth-order valence-electron chi connectivity index (χ4n) is 1.30. The second-order valence-corrected chi connectivity index (χ2v) is 6.10. The van der Waals surface area contributed by atoms with Crippen LogP contribution in [-0.2, 0) is 21.2 Å². The van der Waals surface area contributed by atoms with Crippen LogP contribution in [0.25, 0.3) is 0 Å². The van der Waals surface area contributed by atoms with Gasteiger partial charge in [-0.25, -0.2) is 13.1 Å². The lowest BCUT2D eigenvalue weighted by molar-refractivity contribution is -0.136. The summed E-state index contributed by atoms with van der Waals surface area (Å²) in [4.78, 5) is 10.3. The Bertz CT molecular complexity index is 498. The van der Waals surface area contributed by atoms with E-state index in [9.17, 15) is 13.2 Å². The maximum atomic E-state index is 11.4. The van der Waals surface area contributed by atoms with Gasteiger partial charge in [-0.2, -0.15) is 0 Å². The van der Waals surface area contributed by atoms with Crippen LogP contribution in [0.4, 0.5) is 0 Å². The lowest BCUT2D eigenvalue weighted by Crippen LogP contribution is -2.29. The molecular weight excluding hydrogens is 278 g/mol. The molecule has 0 saturated heterocycles. The zero-order chi connectivity index (χ0) is 13.6. The predicted molar refractivity (Wildman–Crippen MR) is 69.2 cm³/mol. The highest BCUT2D eigenvalue weighted by Gasteiger charge is 2.11. The normalized spacial score (nSPS) is 11.4. The second-order valence-electron chi connectivity index (χ2n) is 3.73. The van der Waals surface area contributed by atoms with Crippen LogP contribution in [-0.4, -0.2) is 31.8 Å². The van der Waals surface area contributed by atoms with E-state index in [4.69, 9.17) is 16.7 Å². The van der Waals surface area contributed by atoms with Crippen molar-refractivity contribution in [2.75, 3.05) is 12.3 Å². The SMILES string of the molecule is O=C(O)CCS(=O)(=O)NCCc1ccc(Cl)cc1. The number of hydrogen-bond acceptors (Lipinski definition) is 3. The molecule has 0 aliphatic carbocycles. The lowest BCUT2D eigenvalue weighted by atomic mass is 10.2. The molecule has 0 heterocycles. The van der Waals surface area contributed by atoms with Crippen LogP contribution in [0.2, 0.25) is 5.02 Å². The number of carboxylic acids is 1. The van der Waals surface area contributed by atoms with Crippen LogP contribution >= 0.6 is 11.6 Å². The molecule has 0 aromatic heterocycles. The van der Waals surface area contributed by atoms with Gasteiger partial charge in [0, 0.05) is 11.6 Å². The number of halogens is 1. The molecule has 0 atom stereocenters. The first-order valence-corrected chi connectivity index (χ1v) is 7.36. The van der Waals surface area contributed by atoms with Gasteiger partial charge < -0.3 is 5.11 Å². The molecule has 1 aromatic rings. The Morgan fingerprint density at radius 1 is 1.28 bits per heavy atom. The molecule has 5 nitrogen and oxygen atoms in total. The van der Waals surface area contributed by atoms with Crippen LogP contribution in [0.5, 0.6) is 0 Å².